The maximum Gasteiger partial charge on any atom is 0.432 e. The summed E-state index contributed by atoms with van der Waals surface area (Å²) in [6.07, 6.45) is 4.00. The van der Waals surface area contributed by atoms with Crippen LogP contribution in [0, 0.1) is 0 Å². The van der Waals surface area contributed by atoms with Gasteiger partial charge in [-0.05, 0) is 25.1 Å². The monoisotopic (exact) mass is 362 g/mol. The maximum absolute atomic E-state index is 12.8. The summed E-state index contributed by atoms with van der Waals surface area (Å²) in [6.45, 7) is 2.03. The summed E-state index contributed by atoms with van der Waals surface area (Å²) in [6, 6.07) is 19.7. The van der Waals surface area contributed by atoms with Gasteiger partial charge in [0.15, 0.2) is 0 Å². The number of urea groups is 1. The molecule has 8 heteroatoms. The van der Waals surface area contributed by atoms with Crippen LogP contribution in [0.2, 0.25) is 0 Å². The number of carbonyl (C=O) groups is 1. The minimum Gasteiger partial charge on any atom is -0.726 e. The number of hydrogen-bond donors (Lipinski definition) is 2. The second kappa shape index (κ2) is 8.04. The number of benzene rings is 2. The number of rotatable bonds is 2. The third kappa shape index (κ3) is 5.50. The van der Waals surface area contributed by atoms with Gasteiger partial charge in [0.05, 0.1) is 6.04 Å². The summed E-state index contributed by atoms with van der Waals surface area (Å²) in [5.41, 5.74) is 1.89. The van der Waals surface area contributed by atoms with Gasteiger partial charge < -0.3 is 4.55 Å². The smallest absolute Gasteiger partial charge is 0.432 e. The molecule has 2 aromatic carbocycles. The quantitative estimate of drug-likeness (QED) is 0.626. The molecule has 1 aliphatic heterocycles. The second-order valence-electron chi connectivity index (χ2n) is 5.32. The van der Waals surface area contributed by atoms with Crippen molar-refractivity contribution in [2.75, 3.05) is 4.90 Å². The average Bonchev–Trinajstić information content (AvgIpc) is 2.55. The van der Waals surface area contributed by atoms with E-state index in [0.717, 1.165) is 16.3 Å². The van der Waals surface area contributed by atoms with Gasteiger partial charge >= 0.3 is 6.03 Å². The molecule has 2 aromatic rings. The number of para-hydroxylation sites is 2. The van der Waals surface area contributed by atoms with E-state index in [1.807, 2.05) is 78.7 Å². The van der Waals surface area contributed by atoms with Crippen molar-refractivity contribution in [3.63, 3.8) is 0 Å². The SMILES string of the molecule is CC1C=C[NH+](c2ccccc2)C(=O)N1c1ccccc1.O=S(=O)([O-])O. The fourth-order valence-corrected chi connectivity index (χ4v) is 2.49. The number of quaternary nitrogens is 1. The van der Waals surface area contributed by atoms with Gasteiger partial charge in [-0.3, -0.25) is 9.45 Å². The van der Waals surface area contributed by atoms with Crippen LogP contribution in [-0.2, 0) is 10.4 Å². The lowest BCUT2D eigenvalue weighted by Crippen LogP contribution is -3.08. The molecule has 0 spiro atoms. The molecule has 2 unspecified atom stereocenters. The van der Waals surface area contributed by atoms with Gasteiger partial charge in [0.2, 0.25) is 10.4 Å². The Bertz CT molecular complexity index is 830. The molecule has 3 rings (SSSR count). The molecule has 2 atom stereocenters. The Kier molecular flexibility index (Phi) is 6.05. The Hall–Kier alpha value is -2.52. The van der Waals surface area contributed by atoms with E-state index in [2.05, 4.69) is 6.08 Å². The highest BCUT2D eigenvalue weighted by Gasteiger charge is 2.34. The summed E-state index contributed by atoms with van der Waals surface area (Å²) in [5, 5.41) is 0. The molecule has 1 aliphatic rings. The molecule has 25 heavy (non-hydrogen) atoms. The molecule has 2 N–H and O–H groups in total. The van der Waals surface area contributed by atoms with Gasteiger partial charge in [-0.2, -0.15) is 4.90 Å². The molecule has 132 valence electrons. The second-order valence-corrected chi connectivity index (χ2v) is 6.17. The predicted octanol–water partition coefficient (Wildman–Crippen LogP) is 1.75. The average molecular weight is 362 g/mol. The molecule has 0 fully saturated rings. The lowest BCUT2D eigenvalue weighted by Gasteiger charge is -2.31. The number of nitrogens with zero attached hydrogens (tertiary/aromatic N) is 1. The summed E-state index contributed by atoms with van der Waals surface area (Å²) < 4.78 is 32.8. The minimum absolute atomic E-state index is 0.0531. The van der Waals surface area contributed by atoms with E-state index in [1.165, 1.54) is 0 Å². The molecule has 7 nitrogen and oxygen atoms in total. The number of anilines is 1. The van der Waals surface area contributed by atoms with E-state index in [1.54, 1.807) is 0 Å². The first-order valence-corrected chi connectivity index (χ1v) is 8.81. The van der Waals surface area contributed by atoms with Crippen LogP contribution < -0.4 is 9.80 Å². The molecule has 2 amide bonds. The van der Waals surface area contributed by atoms with Gasteiger partial charge in [0.1, 0.15) is 11.9 Å². The van der Waals surface area contributed by atoms with Crippen molar-refractivity contribution in [2.24, 2.45) is 0 Å². The highest BCUT2D eigenvalue weighted by Crippen LogP contribution is 2.18. The minimum atomic E-state index is -4.92. The highest BCUT2D eigenvalue weighted by molar-refractivity contribution is 7.79. The van der Waals surface area contributed by atoms with Crippen LogP contribution in [0.4, 0.5) is 16.2 Å². The topological polar surface area (TPSA) is 102 Å². The van der Waals surface area contributed by atoms with Crippen LogP contribution in [0.5, 0.6) is 0 Å². The van der Waals surface area contributed by atoms with Crippen LogP contribution in [0.1, 0.15) is 6.92 Å². The molecule has 1 heterocycles. The first-order chi connectivity index (χ1) is 11.8. The van der Waals surface area contributed by atoms with Crippen LogP contribution >= 0.6 is 0 Å². The maximum atomic E-state index is 12.8. The first-order valence-electron chi connectivity index (χ1n) is 7.45. The van der Waals surface area contributed by atoms with Crippen LogP contribution in [0.15, 0.2) is 72.9 Å². The van der Waals surface area contributed by atoms with Gasteiger partial charge in [0, 0.05) is 17.8 Å². The van der Waals surface area contributed by atoms with Crippen LogP contribution in [-0.4, -0.2) is 29.6 Å². The van der Waals surface area contributed by atoms with Crippen LogP contribution in [0.3, 0.4) is 0 Å². The Morgan fingerprint density at radius 3 is 2.04 bits per heavy atom. The van der Waals surface area contributed by atoms with Crippen molar-refractivity contribution in [2.45, 2.75) is 13.0 Å². The van der Waals surface area contributed by atoms with E-state index in [0.29, 0.717) is 0 Å². The van der Waals surface area contributed by atoms with Crippen molar-refractivity contribution in [1.82, 2.24) is 0 Å². The zero-order chi connectivity index (χ0) is 18.4. The van der Waals surface area contributed by atoms with Crippen molar-refractivity contribution < 1.29 is 27.2 Å². The largest absolute Gasteiger partial charge is 0.726 e. The van der Waals surface area contributed by atoms with E-state index in [-0.39, 0.29) is 12.1 Å². The normalized spacial score (nSPS) is 20.0. The molecule has 0 saturated heterocycles. The van der Waals surface area contributed by atoms with Gasteiger partial charge in [-0.25, -0.2) is 13.2 Å². The summed E-state index contributed by atoms with van der Waals surface area (Å²) in [7, 11) is -4.92. The van der Waals surface area contributed by atoms with Crippen molar-refractivity contribution in [3.8, 4) is 0 Å². The molecule has 0 radical (unpaired) electrons. The fraction of sp³-hybridized carbons (Fsp3) is 0.118. The van der Waals surface area contributed by atoms with E-state index < -0.39 is 10.4 Å². The van der Waals surface area contributed by atoms with E-state index >= 15 is 0 Å². The number of carbonyl (C=O) groups excluding carboxylic acids is 1. The summed E-state index contributed by atoms with van der Waals surface area (Å²) in [5.74, 6) is 0. The lowest BCUT2D eigenvalue weighted by molar-refractivity contribution is -0.680. The fourth-order valence-electron chi connectivity index (χ4n) is 2.49. The number of nitrogens with one attached hydrogen (secondary N) is 1. The van der Waals surface area contributed by atoms with Crippen molar-refractivity contribution in [3.05, 3.63) is 72.9 Å². The zero-order valence-corrected chi connectivity index (χ0v) is 14.3. The van der Waals surface area contributed by atoms with E-state index in [4.69, 9.17) is 17.5 Å². The third-order valence-electron chi connectivity index (χ3n) is 3.52. The molecule has 0 saturated carbocycles. The molecule has 0 aromatic heterocycles. The first kappa shape index (κ1) is 18.8. The molecule has 0 aliphatic carbocycles. The predicted molar refractivity (Wildman–Crippen MR) is 92.3 cm³/mol. The van der Waals surface area contributed by atoms with Gasteiger partial charge in [0.25, 0.3) is 0 Å². The Balaban J connectivity index is 0.000000399. The molecular weight excluding hydrogens is 344 g/mol. The Morgan fingerprint density at radius 1 is 1.04 bits per heavy atom. The Morgan fingerprint density at radius 2 is 1.52 bits per heavy atom. The van der Waals surface area contributed by atoms with Crippen molar-refractivity contribution in [1.29, 1.82) is 0 Å². The van der Waals surface area contributed by atoms with Gasteiger partial charge in [-0.1, -0.05) is 36.4 Å². The summed E-state index contributed by atoms with van der Waals surface area (Å²) >= 11 is 0. The van der Waals surface area contributed by atoms with Crippen molar-refractivity contribution >= 4 is 27.8 Å². The van der Waals surface area contributed by atoms with Gasteiger partial charge in [-0.15, -0.1) is 0 Å². The highest BCUT2D eigenvalue weighted by atomic mass is 32.3. The summed E-state index contributed by atoms with van der Waals surface area (Å²) in [4.78, 5) is 15.4. The standard InChI is InChI=1S/C17H16N2O.H2O4S/c1-14-12-13-18(15-8-4-2-5-9-15)17(20)19(14)16-10-6-3-7-11-16;1-5(2,3)4/h2-14H,1H3;(H2,1,2,3,4). The van der Waals surface area contributed by atoms with E-state index in [9.17, 15) is 4.79 Å². The number of hydrogen-bond acceptors (Lipinski definition) is 4. The third-order valence-corrected chi connectivity index (χ3v) is 3.52. The number of amides is 2. The lowest BCUT2D eigenvalue weighted by atomic mass is 10.2. The Labute approximate surface area is 146 Å². The van der Waals surface area contributed by atoms with Crippen LogP contribution in [0.25, 0.3) is 0 Å². The zero-order valence-electron chi connectivity index (χ0n) is 13.4. The molecule has 0 bridgehead atoms. The molecular formula is C17H18N2O5S.